The van der Waals surface area contributed by atoms with Crippen molar-refractivity contribution in [3.63, 3.8) is 0 Å². The summed E-state index contributed by atoms with van der Waals surface area (Å²) in [5, 5.41) is 6.76. The Morgan fingerprint density at radius 3 is 2.66 bits per heavy atom. The fourth-order valence-corrected chi connectivity index (χ4v) is 3.16. The summed E-state index contributed by atoms with van der Waals surface area (Å²) in [6.45, 7) is 5.18. The van der Waals surface area contributed by atoms with Crippen molar-refractivity contribution in [1.29, 1.82) is 0 Å². The van der Waals surface area contributed by atoms with Crippen LogP contribution >= 0.6 is 11.6 Å². The molecule has 1 amide bonds. The first-order valence-corrected chi connectivity index (χ1v) is 10.6. The van der Waals surface area contributed by atoms with Gasteiger partial charge in [-0.2, -0.15) is 5.10 Å². The van der Waals surface area contributed by atoms with Gasteiger partial charge in [-0.25, -0.2) is 23.2 Å². The van der Waals surface area contributed by atoms with E-state index in [2.05, 4.69) is 15.4 Å². The minimum atomic E-state index is -2.86. The molecule has 174 valence electrons. The Hall–Kier alpha value is -2.75. The molecule has 0 aliphatic heterocycles. The lowest BCUT2D eigenvalue weighted by molar-refractivity contribution is -0.145. The molecule has 1 N–H and O–H groups in total. The number of esters is 1. The fraction of sp³-hybridized carbons (Fsp3) is 0.524. The minimum Gasteiger partial charge on any atom is -0.462 e. The number of hydrogen-bond donors (Lipinski definition) is 1. The highest BCUT2D eigenvalue weighted by atomic mass is 35.5. The number of nitrogens with zero attached hydrogens (tertiary/aromatic N) is 3. The Kier molecular flexibility index (Phi) is 7.33. The number of ether oxygens (including phenoxy) is 2. The van der Waals surface area contributed by atoms with Gasteiger partial charge in [0, 0.05) is 6.42 Å². The van der Waals surface area contributed by atoms with Gasteiger partial charge in [0.25, 0.3) is 6.43 Å². The number of hydrogen-bond acceptors (Lipinski definition) is 6. The van der Waals surface area contributed by atoms with Crippen LogP contribution < -0.4 is 5.32 Å². The van der Waals surface area contributed by atoms with Gasteiger partial charge >= 0.3 is 12.1 Å². The number of alkyl carbamates (subject to hydrolysis) is 1. The van der Waals surface area contributed by atoms with Gasteiger partial charge in [0.15, 0.2) is 5.82 Å². The van der Waals surface area contributed by atoms with E-state index in [-0.39, 0.29) is 35.6 Å². The molecular formula is C21H25ClF2N4O4. The second-order valence-corrected chi connectivity index (χ2v) is 8.88. The second kappa shape index (κ2) is 9.81. The van der Waals surface area contributed by atoms with Crippen LogP contribution in [0.15, 0.2) is 24.5 Å². The maximum Gasteiger partial charge on any atom is 0.408 e. The predicted molar refractivity (Wildman–Crippen MR) is 112 cm³/mol. The maximum absolute atomic E-state index is 13.3. The van der Waals surface area contributed by atoms with Crippen LogP contribution in [0.2, 0.25) is 5.02 Å². The van der Waals surface area contributed by atoms with Gasteiger partial charge in [-0.05, 0) is 57.7 Å². The number of rotatable bonds is 8. The van der Waals surface area contributed by atoms with E-state index >= 15 is 0 Å². The Bertz CT molecular complexity index is 973. The molecule has 1 atom stereocenters. The van der Waals surface area contributed by atoms with Crippen molar-refractivity contribution in [2.24, 2.45) is 0 Å². The van der Waals surface area contributed by atoms with Gasteiger partial charge in [0.1, 0.15) is 18.0 Å². The smallest absolute Gasteiger partial charge is 0.408 e. The molecule has 1 aliphatic carbocycles. The summed E-state index contributed by atoms with van der Waals surface area (Å²) in [7, 11) is 0. The topological polar surface area (TPSA) is 95.3 Å². The molecule has 0 saturated heterocycles. The number of benzene rings is 1. The molecule has 0 radical (unpaired) electrons. The molecule has 0 spiro atoms. The first-order chi connectivity index (χ1) is 15.0. The van der Waals surface area contributed by atoms with Gasteiger partial charge < -0.3 is 14.8 Å². The van der Waals surface area contributed by atoms with E-state index in [0.29, 0.717) is 5.56 Å². The molecule has 11 heteroatoms. The van der Waals surface area contributed by atoms with E-state index in [1.54, 1.807) is 26.8 Å². The first-order valence-electron chi connectivity index (χ1n) is 10.2. The number of nitrogens with one attached hydrogen (secondary N) is 1. The molecule has 2 aromatic rings. The zero-order valence-corrected chi connectivity index (χ0v) is 18.7. The van der Waals surface area contributed by atoms with Crippen LogP contribution in [0.25, 0.3) is 5.69 Å². The van der Waals surface area contributed by atoms with Gasteiger partial charge in [0.05, 0.1) is 16.8 Å². The number of aromatic nitrogens is 3. The molecule has 1 fully saturated rings. The Labute approximate surface area is 189 Å². The average Bonchev–Trinajstić information content (AvgIpc) is 3.35. The number of alkyl halides is 2. The Morgan fingerprint density at radius 1 is 1.31 bits per heavy atom. The van der Waals surface area contributed by atoms with Crippen molar-refractivity contribution < 1.29 is 27.8 Å². The summed E-state index contributed by atoms with van der Waals surface area (Å²) >= 11 is 6.23. The molecule has 32 heavy (non-hydrogen) atoms. The monoisotopic (exact) mass is 470 g/mol. The van der Waals surface area contributed by atoms with Crippen LogP contribution in [0.5, 0.6) is 0 Å². The van der Waals surface area contributed by atoms with Crippen LogP contribution in [-0.4, -0.2) is 38.5 Å². The Balaban J connectivity index is 1.85. The summed E-state index contributed by atoms with van der Waals surface area (Å²) in [4.78, 5) is 28.1. The number of halogens is 3. The van der Waals surface area contributed by atoms with Crippen molar-refractivity contribution in [3.05, 3.63) is 40.9 Å². The Morgan fingerprint density at radius 2 is 2.03 bits per heavy atom. The lowest BCUT2D eigenvalue weighted by Gasteiger charge is -2.24. The van der Waals surface area contributed by atoms with E-state index in [1.807, 2.05) is 0 Å². The molecule has 3 rings (SSSR count). The third-order valence-electron chi connectivity index (χ3n) is 4.52. The summed E-state index contributed by atoms with van der Waals surface area (Å²) < 4.78 is 38.1. The van der Waals surface area contributed by atoms with Crippen LogP contribution in [-0.2, 0) is 14.3 Å². The molecule has 0 bridgehead atoms. The highest BCUT2D eigenvalue weighted by molar-refractivity contribution is 6.32. The molecular weight excluding hydrogens is 446 g/mol. The van der Waals surface area contributed by atoms with Crippen molar-refractivity contribution in [2.75, 3.05) is 0 Å². The lowest BCUT2D eigenvalue weighted by atomic mass is 10.0. The van der Waals surface area contributed by atoms with Crippen molar-refractivity contribution in [1.82, 2.24) is 20.1 Å². The maximum atomic E-state index is 13.3. The quantitative estimate of drug-likeness (QED) is 0.551. The van der Waals surface area contributed by atoms with Gasteiger partial charge in [-0.3, -0.25) is 4.79 Å². The normalized spacial score (nSPS) is 14.8. The number of carbonyl (C=O) groups is 2. The SMILES string of the molecule is CC(C)(C)OC(=O)N[C@H](CCC(=O)OC1CC1)c1ccc(Cl)c(-n2ncnc2C(F)F)c1. The van der Waals surface area contributed by atoms with Crippen molar-refractivity contribution >= 4 is 23.7 Å². The van der Waals surface area contributed by atoms with E-state index < -0.39 is 30.0 Å². The van der Waals surface area contributed by atoms with E-state index in [4.69, 9.17) is 21.1 Å². The summed E-state index contributed by atoms with van der Waals surface area (Å²) in [6, 6.07) is 4.01. The molecule has 8 nitrogen and oxygen atoms in total. The fourth-order valence-electron chi connectivity index (χ4n) is 2.96. The molecule has 1 heterocycles. The third kappa shape index (κ3) is 6.62. The molecule has 1 saturated carbocycles. The van der Waals surface area contributed by atoms with Gasteiger partial charge in [-0.15, -0.1) is 0 Å². The molecule has 1 aromatic carbocycles. The van der Waals surface area contributed by atoms with Crippen LogP contribution in [0.3, 0.4) is 0 Å². The standard InChI is InChI=1S/C21H25ClF2N4O4/c1-21(2,3)32-20(30)27-15(8-9-17(29)31-13-5-6-13)12-4-7-14(22)16(10-12)28-19(18(23)24)25-11-26-28/h4,7,10-11,13,15,18H,5-6,8-9H2,1-3H3,(H,27,30)/t15-/m1/s1. The van der Waals surface area contributed by atoms with Crippen LogP contribution in [0.4, 0.5) is 13.6 Å². The summed E-state index contributed by atoms with van der Waals surface area (Å²) in [5.74, 6) is -0.928. The average molecular weight is 471 g/mol. The van der Waals surface area contributed by atoms with E-state index in [1.165, 1.54) is 12.1 Å². The van der Waals surface area contributed by atoms with Gasteiger partial charge in [0.2, 0.25) is 0 Å². The minimum absolute atomic E-state index is 0.0259. The second-order valence-electron chi connectivity index (χ2n) is 8.47. The van der Waals surface area contributed by atoms with Crippen LogP contribution in [0, 0.1) is 0 Å². The highest BCUT2D eigenvalue weighted by Crippen LogP contribution is 2.30. The third-order valence-corrected chi connectivity index (χ3v) is 4.84. The predicted octanol–water partition coefficient (Wildman–Crippen LogP) is 4.91. The first kappa shape index (κ1) is 23.9. The zero-order chi connectivity index (χ0) is 23.5. The lowest BCUT2D eigenvalue weighted by Crippen LogP contribution is -2.35. The van der Waals surface area contributed by atoms with Crippen molar-refractivity contribution in [2.45, 2.75) is 70.6 Å². The van der Waals surface area contributed by atoms with E-state index in [0.717, 1.165) is 23.9 Å². The van der Waals surface area contributed by atoms with E-state index in [9.17, 15) is 18.4 Å². The summed E-state index contributed by atoms with van der Waals surface area (Å²) in [5.41, 5.74) is -0.0175. The van der Waals surface area contributed by atoms with Crippen LogP contribution in [0.1, 0.15) is 70.3 Å². The highest BCUT2D eigenvalue weighted by Gasteiger charge is 2.27. The zero-order valence-electron chi connectivity index (χ0n) is 18.0. The summed E-state index contributed by atoms with van der Waals surface area (Å²) in [6.07, 6.45) is -0.567. The number of carbonyl (C=O) groups excluding carboxylic acids is 2. The van der Waals surface area contributed by atoms with Crippen molar-refractivity contribution in [3.8, 4) is 5.69 Å². The number of amides is 1. The molecule has 0 unspecified atom stereocenters. The molecule has 1 aromatic heterocycles. The largest absolute Gasteiger partial charge is 0.462 e. The van der Waals surface area contributed by atoms with Gasteiger partial charge in [-0.1, -0.05) is 17.7 Å². The molecule has 1 aliphatic rings.